The van der Waals surface area contributed by atoms with Crippen LogP contribution in [0.25, 0.3) is 0 Å². The van der Waals surface area contributed by atoms with E-state index in [0.717, 1.165) is 21.9 Å². The summed E-state index contributed by atoms with van der Waals surface area (Å²) in [6.45, 7) is 5.33. The first-order chi connectivity index (χ1) is 11.1. The molecule has 23 heavy (non-hydrogen) atoms. The van der Waals surface area contributed by atoms with Gasteiger partial charge < -0.3 is 9.64 Å². The highest BCUT2D eigenvalue weighted by Gasteiger charge is 2.26. The van der Waals surface area contributed by atoms with Gasteiger partial charge in [-0.1, -0.05) is 0 Å². The summed E-state index contributed by atoms with van der Waals surface area (Å²) >= 11 is 3.35. The molecule has 1 aliphatic heterocycles. The van der Waals surface area contributed by atoms with Crippen LogP contribution in [0.5, 0.6) is 0 Å². The van der Waals surface area contributed by atoms with Crippen molar-refractivity contribution in [1.82, 2.24) is 9.88 Å². The predicted octanol–water partition coefficient (Wildman–Crippen LogP) is 3.68. The Morgan fingerprint density at radius 2 is 2.00 bits per heavy atom. The van der Waals surface area contributed by atoms with Gasteiger partial charge in [-0.3, -0.25) is 4.79 Å². The summed E-state index contributed by atoms with van der Waals surface area (Å²) in [4.78, 5) is 19.9. The van der Waals surface area contributed by atoms with E-state index >= 15 is 0 Å². The van der Waals surface area contributed by atoms with Gasteiger partial charge in [-0.15, -0.1) is 23.1 Å². The Labute approximate surface area is 144 Å². The number of ether oxygens (including phenoxy) is 1. The minimum absolute atomic E-state index is 0.0862. The number of benzene rings is 1. The molecule has 2 atom stereocenters. The number of rotatable bonds is 4. The molecular weight excluding hydrogens is 328 g/mol. The second-order valence-electron chi connectivity index (χ2n) is 5.76. The van der Waals surface area contributed by atoms with Gasteiger partial charge in [-0.05, 0) is 38.1 Å². The lowest BCUT2D eigenvalue weighted by molar-refractivity contribution is -0.0586. The summed E-state index contributed by atoms with van der Waals surface area (Å²) in [6.07, 6.45) is 0.186. The minimum atomic E-state index is 0.0862. The van der Waals surface area contributed by atoms with Crippen LogP contribution in [0.2, 0.25) is 0 Å². The number of amides is 1. The molecular formula is C17H20N2O2S2. The van der Waals surface area contributed by atoms with Crippen LogP contribution < -0.4 is 0 Å². The van der Waals surface area contributed by atoms with Gasteiger partial charge in [-0.2, -0.15) is 0 Å². The normalized spacial score (nSPS) is 21.4. The van der Waals surface area contributed by atoms with Crippen molar-refractivity contribution >= 4 is 29.0 Å². The molecule has 1 aliphatic rings. The Kier molecular flexibility index (Phi) is 5.35. The highest BCUT2D eigenvalue weighted by Crippen LogP contribution is 2.23. The van der Waals surface area contributed by atoms with Gasteiger partial charge in [0.25, 0.3) is 5.91 Å². The number of nitrogens with zero attached hydrogens (tertiary/aromatic N) is 2. The number of thioether (sulfide) groups is 1. The number of hydrogen-bond donors (Lipinski definition) is 0. The highest BCUT2D eigenvalue weighted by atomic mass is 32.2. The van der Waals surface area contributed by atoms with E-state index < -0.39 is 0 Å². The third-order valence-corrected chi connectivity index (χ3v) is 5.36. The maximum atomic E-state index is 12.6. The molecule has 1 amide bonds. The monoisotopic (exact) mass is 348 g/mol. The second-order valence-corrected chi connectivity index (χ2v) is 7.53. The van der Waals surface area contributed by atoms with Crippen LogP contribution in [0.1, 0.15) is 29.9 Å². The third kappa shape index (κ3) is 4.34. The molecule has 1 saturated heterocycles. The molecule has 122 valence electrons. The molecule has 1 aromatic heterocycles. The molecule has 6 heteroatoms. The van der Waals surface area contributed by atoms with Crippen molar-refractivity contribution in [3.63, 3.8) is 0 Å². The largest absolute Gasteiger partial charge is 0.372 e. The molecule has 1 aromatic carbocycles. The lowest BCUT2D eigenvalue weighted by Gasteiger charge is -2.35. The van der Waals surface area contributed by atoms with E-state index in [2.05, 4.69) is 10.4 Å². The molecule has 0 unspecified atom stereocenters. The molecule has 0 aliphatic carbocycles. The van der Waals surface area contributed by atoms with Crippen molar-refractivity contribution < 1.29 is 9.53 Å². The molecule has 0 N–H and O–H groups in total. The zero-order valence-electron chi connectivity index (χ0n) is 13.3. The summed E-state index contributed by atoms with van der Waals surface area (Å²) in [6, 6.07) is 7.85. The van der Waals surface area contributed by atoms with E-state index in [0.29, 0.717) is 13.1 Å². The van der Waals surface area contributed by atoms with E-state index in [4.69, 9.17) is 4.74 Å². The molecule has 0 radical (unpaired) electrons. The first-order valence-corrected chi connectivity index (χ1v) is 9.59. The van der Waals surface area contributed by atoms with Gasteiger partial charge in [0.2, 0.25) is 0 Å². The van der Waals surface area contributed by atoms with Gasteiger partial charge in [0.1, 0.15) is 0 Å². The van der Waals surface area contributed by atoms with Crippen LogP contribution in [0.15, 0.2) is 40.1 Å². The Morgan fingerprint density at radius 1 is 1.30 bits per heavy atom. The van der Waals surface area contributed by atoms with E-state index in [1.807, 2.05) is 48.5 Å². The van der Waals surface area contributed by atoms with Crippen molar-refractivity contribution in [1.29, 1.82) is 0 Å². The van der Waals surface area contributed by atoms with Crippen molar-refractivity contribution in [3.8, 4) is 0 Å². The highest BCUT2D eigenvalue weighted by molar-refractivity contribution is 7.98. The van der Waals surface area contributed by atoms with E-state index in [1.54, 1.807) is 23.1 Å². The number of aromatic nitrogens is 1. The number of carbonyl (C=O) groups excluding carboxylic acids is 1. The van der Waals surface area contributed by atoms with E-state index in [-0.39, 0.29) is 18.1 Å². The quantitative estimate of drug-likeness (QED) is 0.791. The van der Waals surface area contributed by atoms with Crippen LogP contribution in [0, 0.1) is 0 Å². The second kappa shape index (κ2) is 7.47. The van der Waals surface area contributed by atoms with Gasteiger partial charge >= 0.3 is 0 Å². The topological polar surface area (TPSA) is 42.4 Å². The third-order valence-electron chi connectivity index (χ3n) is 3.68. The van der Waals surface area contributed by atoms with Crippen LogP contribution in [0.4, 0.5) is 0 Å². The zero-order valence-corrected chi connectivity index (χ0v) is 14.9. The summed E-state index contributed by atoms with van der Waals surface area (Å²) in [5, 5.41) is 2.06. The smallest absolute Gasteiger partial charge is 0.254 e. The predicted molar refractivity (Wildman–Crippen MR) is 94.0 cm³/mol. The first kappa shape index (κ1) is 16.5. The van der Waals surface area contributed by atoms with Crippen molar-refractivity contribution in [2.24, 2.45) is 0 Å². The van der Waals surface area contributed by atoms with Gasteiger partial charge in [0.05, 0.1) is 23.4 Å². The Balaban J connectivity index is 1.61. The summed E-state index contributed by atoms with van der Waals surface area (Å²) in [7, 11) is 0. The number of carbonyl (C=O) groups is 1. The zero-order chi connectivity index (χ0) is 16.2. The number of morpholine rings is 1. The van der Waals surface area contributed by atoms with Crippen molar-refractivity contribution in [3.05, 3.63) is 46.4 Å². The molecule has 2 aromatic rings. The minimum Gasteiger partial charge on any atom is -0.372 e. The average Bonchev–Trinajstić information content (AvgIpc) is 3.05. The summed E-state index contributed by atoms with van der Waals surface area (Å²) in [5.41, 5.74) is 3.68. The maximum absolute atomic E-state index is 12.6. The van der Waals surface area contributed by atoms with Crippen molar-refractivity contribution in [2.75, 3.05) is 13.1 Å². The molecule has 0 saturated carbocycles. The van der Waals surface area contributed by atoms with Gasteiger partial charge in [-0.25, -0.2) is 4.98 Å². The Morgan fingerprint density at radius 3 is 2.61 bits per heavy atom. The lowest BCUT2D eigenvalue weighted by atomic mass is 10.1. The standard InChI is InChI=1S/C17H20N2O2S2/c1-12-7-19(8-13(2)21-12)17(20)14-3-5-16(6-4-14)23-10-15-9-22-11-18-15/h3-6,9,11-13H,7-8,10H2,1-2H3/t12-,13-/m0/s1. The van der Waals surface area contributed by atoms with E-state index in [9.17, 15) is 4.79 Å². The Bertz CT molecular complexity index is 633. The molecule has 0 spiro atoms. The van der Waals surface area contributed by atoms with Crippen LogP contribution in [-0.2, 0) is 10.5 Å². The fourth-order valence-electron chi connectivity index (χ4n) is 2.69. The van der Waals surface area contributed by atoms with Crippen LogP contribution >= 0.6 is 23.1 Å². The van der Waals surface area contributed by atoms with Crippen molar-refractivity contribution in [2.45, 2.75) is 36.7 Å². The fourth-order valence-corrected chi connectivity index (χ4v) is 4.15. The fraction of sp³-hybridized carbons (Fsp3) is 0.412. The maximum Gasteiger partial charge on any atom is 0.254 e. The van der Waals surface area contributed by atoms with Gasteiger partial charge in [0.15, 0.2) is 0 Å². The van der Waals surface area contributed by atoms with E-state index in [1.165, 1.54) is 0 Å². The molecule has 2 heterocycles. The Hall–Kier alpha value is -1.37. The van der Waals surface area contributed by atoms with Crippen LogP contribution in [0.3, 0.4) is 0 Å². The number of hydrogen-bond acceptors (Lipinski definition) is 5. The first-order valence-electron chi connectivity index (χ1n) is 7.66. The van der Waals surface area contributed by atoms with Crippen LogP contribution in [-0.4, -0.2) is 41.1 Å². The lowest BCUT2D eigenvalue weighted by Crippen LogP contribution is -2.48. The molecule has 4 nitrogen and oxygen atoms in total. The molecule has 3 rings (SSSR count). The SMILES string of the molecule is C[C@H]1CN(C(=O)c2ccc(SCc3cscn3)cc2)C[C@H](C)O1. The summed E-state index contributed by atoms with van der Waals surface area (Å²) < 4.78 is 5.69. The average molecular weight is 348 g/mol. The summed E-state index contributed by atoms with van der Waals surface area (Å²) in [5.74, 6) is 0.943. The van der Waals surface area contributed by atoms with Gasteiger partial charge in [0, 0.05) is 34.7 Å². The number of thiazole rings is 1. The molecule has 1 fully saturated rings. The molecule has 0 bridgehead atoms.